The van der Waals surface area contributed by atoms with E-state index in [0.717, 1.165) is 0 Å². The van der Waals surface area contributed by atoms with E-state index in [9.17, 15) is 0 Å². The van der Waals surface area contributed by atoms with Crippen LogP contribution in [-0.2, 0) is 0 Å². The van der Waals surface area contributed by atoms with E-state index in [0.29, 0.717) is 56.0 Å². The first kappa shape index (κ1) is 8.27. The van der Waals surface area contributed by atoms with E-state index >= 15 is 0 Å². The molecule has 0 spiro atoms. The molecule has 1 heterocycles. The van der Waals surface area contributed by atoms with Gasteiger partial charge in [-0.3, -0.25) is 0 Å². The van der Waals surface area contributed by atoms with Gasteiger partial charge in [0.2, 0.25) is 0 Å². The number of hydrogen-bond acceptors (Lipinski definition) is 2. The average Bonchev–Trinajstić information content (AvgIpc) is 2.14. The van der Waals surface area contributed by atoms with Crippen molar-refractivity contribution in [3.63, 3.8) is 0 Å². The summed E-state index contributed by atoms with van der Waals surface area (Å²) in [6, 6.07) is 0. The second-order valence-electron chi connectivity index (χ2n) is 1.74. The maximum absolute atomic E-state index is 2.51. The van der Waals surface area contributed by atoms with Crippen molar-refractivity contribution >= 4 is 83.9 Å². The van der Waals surface area contributed by atoms with Gasteiger partial charge in [0.15, 0.2) is 0 Å². The molecule has 4 heteroatoms. The van der Waals surface area contributed by atoms with E-state index in [1.54, 1.807) is 4.38 Å². The van der Waals surface area contributed by atoms with Gasteiger partial charge >= 0.3 is 101 Å². The van der Waals surface area contributed by atoms with Crippen LogP contribution in [0.1, 0.15) is 0 Å². The van der Waals surface area contributed by atoms with Crippen LogP contribution in [0.5, 0.6) is 0 Å². The third-order valence-electron chi connectivity index (χ3n) is 1.14. The monoisotopic (exact) mass is 218 g/mol. The van der Waals surface area contributed by atoms with Crippen LogP contribution in [-0.4, -0.2) is 77.3 Å². The first-order valence-corrected chi connectivity index (χ1v) is 7.00. The Labute approximate surface area is 98.4 Å². The summed E-state index contributed by atoms with van der Waals surface area (Å²) in [4.78, 5) is 0. The normalized spacial score (nSPS) is 20.4. The summed E-state index contributed by atoms with van der Waals surface area (Å²) in [7, 11) is 0. The molecular weight excluding hydrogens is 212 g/mol. The minimum absolute atomic E-state index is 0.717. The van der Waals surface area contributed by atoms with Crippen molar-refractivity contribution in [1.29, 1.82) is 0 Å². The topological polar surface area (TPSA) is 3.01 Å². The summed E-state index contributed by atoms with van der Waals surface area (Å²) in [5.41, 5.74) is 0. The molecule has 0 saturated carbocycles. The van der Waals surface area contributed by atoms with Gasteiger partial charge in [0.05, 0.1) is 0 Å². The van der Waals surface area contributed by atoms with Gasteiger partial charge in [0.1, 0.15) is 0 Å². The van der Waals surface area contributed by atoms with Crippen molar-refractivity contribution in [3.05, 3.63) is 0 Å². The first-order valence-electron chi connectivity index (χ1n) is 2.59. The van der Waals surface area contributed by atoms with Gasteiger partial charge in [-0.25, -0.2) is 0 Å². The predicted molar refractivity (Wildman–Crippen MR) is 41.9 cm³/mol. The first-order chi connectivity index (χ1) is 3.84. The van der Waals surface area contributed by atoms with E-state index in [2.05, 4.69) is 4.58 Å². The molecular formula is C4H7NRbS2+. The van der Waals surface area contributed by atoms with Crippen LogP contribution in [0.2, 0.25) is 0 Å². The quantitative estimate of drug-likeness (QED) is 0.584. The molecule has 0 saturated heterocycles. The van der Waals surface area contributed by atoms with E-state index in [1.165, 1.54) is 12.3 Å². The molecule has 0 aromatic rings. The van der Waals surface area contributed by atoms with Crippen molar-refractivity contribution in [2.45, 2.75) is 0 Å². The summed E-state index contributed by atoms with van der Waals surface area (Å²) < 4.78 is 4.07. The number of nitrogens with zero attached hydrogens (tertiary/aromatic N) is 1. The van der Waals surface area contributed by atoms with Crippen LogP contribution in [0.4, 0.5) is 0 Å². The summed E-state index contributed by atoms with van der Waals surface area (Å²) in [5, 5.41) is 0. The zero-order valence-electron chi connectivity index (χ0n) is 5.18. The van der Waals surface area contributed by atoms with E-state index in [1.807, 2.05) is 23.5 Å². The fourth-order valence-corrected chi connectivity index (χ4v) is 6.31. The van der Waals surface area contributed by atoms with Crippen LogP contribution in [0, 0.1) is 0 Å². The molecule has 1 aliphatic rings. The summed E-state index contributed by atoms with van der Waals surface area (Å²) in [6.45, 7) is 1.32. The zero-order valence-corrected chi connectivity index (χ0v) is 11.7. The molecule has 0 amide bonds. The second-order valence-corrected chi connectivity index (χ2v) is 6.53. The van der Waals surface area contributed by atoms with Gasteiger partial charge < -0.3 is 0 Å². The van der Waals surface area contributed by atoms with Crippen LogP contribution >= 0.6 is 23.5 Å². The van der Waals surface area contributed by atoms with Crippen molar-refractivity contribution in [1.82, 2.24) is 0 Å². The molecule has 0 radical (unpaired) electrons. The Kier molecular flexibility index (Phi) is 4.28. The Morgan fingerprint density at radius 3 is 2.88 bits per heavy atom. The van der Waals surface area contributed by atoms with E-state index in [-0.39, 0.29) is 0 Å². The van der Waals surface area contributed by atoms with Gasteiger partial charge in [0.25, 0.3) is 0 Å². The molecule has 8 heavy (non-hydrogen) atoms. The van der Waals surface area contributed by atoms with E-state index in [4.69, 9.17) is 0 Å². The zero-order chi connectivity index (χ0) is 5.98. The number of hydrogen-bond donors (Lipinski definition) is 0. The van der Waals surface area contributed by atoms with E-state index < -0.39 is 0 Å². The van der Waals surface area contributed by atoms with Gasteiger partial charge in [-0.2, -0.15) is 0 Å². The molecule has 1 aliphatic heterocycles. The Balaban J connectivity index is 2.58. The van der Waals surface area contributed by atoms with Crippen LogP contribution in [0.25, 0.3) is 0 Å². The second kappa shape index (κ2) is 4.14. The van der Waals surface area contributed by atoms with Gasteiger partial charge in [-0.1, -0.05) is 0 Å². The van der Waals surface area contributed by atoms with Crippen molar-refractivity contribution in [2.75, 3.05) is 18.6 Å². The van der Waals surface area contributed by atoms with Crippen molar-refractivity contribution in [3.8, 4) is 0 Å². The van der Waals surface area contributed by atoms with Gasteiger partial charge in [0, 0.05) is 0 Å². The molecule has 0 fully saturated rings. The standard InChI is InChI=1S/C4H7NS2.Rb/c1-6-4-5-2-3-7-4;/h2-3H2,1H3;/q;+1. The fraction of sp³-hybridized carbons (Fsp3) is 0.750. The Hall–Kier alpha value is 2.18. The number of thioether (sulfide) groups is 2. The third-order valence-corrected chi connectivity index (χ3v) is 7.39. The summed E-state index contributed by atoms with van der Waals surface area (Å²) in [5.74, 6) is 1.32. The molecule has 0 aliphatic carbocycles. The molecule has 0 bridgehead atoms. The third kappa shape index (κ3) is 2.09. The Morgan fingerprint density at radius 1 is 1.88 bits per heavy atom. The Bertz CT molecular complexity index is 123. The average molecular weight is 219 g/mol. The molecule has 0 aromatic carbocycles. The van der Waals surface area contributed by atoms with Crippen molar-refractivity contribution in [2.24, 2.45) is 0 Å². The molecule has 1 rings (SSSR count). The molecule has 1 nitrogen and oxygen atoms in total. The Morgan fingerprint density at radius 2 is 2.62 bits per heavy atom. The van der Waals surface area contributed by atoms with Gasteiger partial charge in [-0.05, 0) is 0 Å². The molecule has 0 atom stereocenters. The minimum atomic E-state index is 0.717. The molecule has 0 unspecified atom stereocenters. The van der Waals surface area contributed by atoms with Crippen LogP contribution in [0.3, 0.4) is 0 Å². The van der Waals surface area contributed by atoms with Crippen LogP contribution < -0.4 is 0 Å². The molecule has 40 valence electrons. The fourth-order valence-electron chi connectivity index (χ4n) is 0.686. The summed E-state index contributed by atoms with van der Waals surface area (Å²) in [6.07, 6.45) is 2.16. The van der Waals surface area contributed by atoms with Crippen molar-refractivity contribution < 1.29 is -1.68 Å². The number of rotatable bonds is 0. The predicted octanol–water partition coefficient (Wildman–Crippen LogP) is 0.548. The van der Waals surface area contributed by atoms with Crippen LogP contribution in [0.15, 0.2) is 0 Å². The van der Waals surface area contributed by atoms with Gasteiger partial charge in [-0.15, -0.1) is 0 Å². The summed E-state index contributed by atoms with van der Waals surface area (Å²) >= 11 is 4.62. The molecule has 0 N–H and O–H groups in total. The maximum atomic E-state index is 2.51. The molecule has 0 aromatic heterocycles. The SMILES string of the molecule is CSC1=[N+]([Rb])CCS1.